The van der Waals surface area contributed by atoms with Gasteiger partial charge in [0.05, 0.1) is 6.61 Å². The minimum Gasteiger partial charge on any atom is -0.465 e. The number of hydrogen-bond donors (Lipinski definition) is 0. The maximum atomic E-state index is 12.4. The molecule has 112 valence electrons. The first-order valence-corrected chi connectivity index (χ1v) is 7.63. The molecule has 21 heavy (non-hydrogen) atoms. The molecule has 1 unspecified atom stereocenters. The van der Waals surface area contributed by atoms with Crippen molar-refractivity contribution < 1.29 is 9.53 Å². The Balaban J connectivity index is 2.12. The van der Waals surface area contributed by atoms with Crippen molar-refractivity contribution >= 4 is 17.1 Å². The van der Waals surface area contributed by atoms with Gasteiger partial charge < -0.3 is 9.30 Å². The van der Waals surface area contributed by atoms with E-state index in [2.05, 4.69) is 9.55 Å². The van der Waals surface area contributed by atoms with Crippen LogP contribution in [0.25, 0.3) is 11.2 Å². The third kappa shape index (κ3) is 2.52. The molecule has 0 spiro atoms. The molecule has 1 atom stereocenters. The van der Waals surface area contributed by atoms with Crippen molar-refractivity contribution in [2.75, 3.05) is 6.61 Å². The average Bonchev–Trinajstić information content (AvgIpc) is 3.20. The molecular formula is C16H21N3O2. The van der Waals surface area contributed by atoms with Crippen molar-refractivity contribution in [1.82, 2.24) is 14.5 Å². The third-order valence-corrected chi connectivity index (χ3v) is 3.87. The number of fused-ring (bicyclic) bond motifs is 1. The van der Waals surface area contributed by atoms with Gasteiger partial charge in [0.2, 0.25) is 0 Å². The molecule has 1 saturated carbocycles. The summed E-state index contributed by atoms with van der Waals surface area (Å²) >= 11 is 0. The third-order valence-electron chi connectivity index (χ3n) is 3.87. The Bertz CT molecular complexity index is 659. The van der Waals surface area contributed by atoms with Crippen molar-refractivity contribution in [3.63, 3.8) is 0 Å². The molecule has 0 radical (unpaired) electrons. The second-order valence-corrected chi connectivity index (χ2v) is 5.89. The van der Waals surface area contributed by atoms with Gasteiger partial charge in [-0.15, -0.1) is 0 Å². The Kier molecular flexibility index (Phi) is 3.66. The number of nitrogens with zero attached hydrogens (tertiary/aromatic N) is 3. The van der Waals surface area contributed by atoms with Gasteiger partial charge in [-0.3, -0.25) is 4.79 Å². The maximum absolute atomic E-state index is 12.4. The van der Waals surface area contributed by atoms with E-state index in [1.54, 1.807) is 6.20 Å². The van der Waals surface area contributed by atoms with Gasteiger partial charge in [-0.1, -0.05) is 13.8 Å². The smallest absolute Gasteiger partial charge is 0.316 e. The van der Waals surface area contributed by atoms with E-state index in [1.165, 1.54) is 0 Å². The first-order chi connectivity index (χ1) is 10.1. The summed E-state index contributed by atoms with van der Waals surface area (Å²) in [6.45, 7) is 6.29. The molecule has 0 N–H and O–H groups in total. The number of carbonyl (C=O) groups excluding carboxylic acids is 1. The molecular weight excluding hydrogens is 266 g/mol. The van der Waals surface area contributed by atoms with Gasteiger partial charge in [0.15, 0.2) is 5.65 Å². The predicted molar refractivity (Wildman–Crippen MR) is 80.0 cm³/mol. The van der Waals surface area contributed by atoms with Gasteiger partial charge in [0.1, 0.15) is 17.3 Å². The van der Waals surface area contributed by atoms with E-state index in [-0.39, 0.29) is 17.8 Å². The minimum atomic E-state index is -0.334. The quantitative estimate of drug-likeness (QED) is 0.793. The number of imidazole rings is 1. The fraction of sp³-hybridized carbons (Fsp3) is 0.562. The Morgan fingerprint density at radius 1 is 1.48 bits per heavy atom. The van der Waals surface area contributed by atoms with Crippen LogP contribution < -0.4 is 0 Å². The van der Waals surface area contributed by atoms with E-state index in [9.17, 15) is 4.79 Å². The molecule has 2 aromatic rings. The van der Waals surface area contributed by atoms with Crippen LogP contribution in [0.1, 0.15) is 51.4 Å². The highest BCUT2D eigenvalue weighted by Crippen LogP contribution is 2.41. The largest absolute Gasteiger partial charge is 0.465 e. The summed E-state index contributed by atoms with van der Waals surface area (Å²) in [5.74, 6) is 0.419. The topological polar surface area (TPSA) is 57.0 Å². The highest BCUT2D eigenvalue weighted by atomic mass is 16.5. The van der Waals surface area contributed by atoms with Crippen LogP contribution in [0.15, 0.2) is 18.3 Å². The van der Waals surface area contributed by atoms with E-state index in [0.717, 1.165) is 29.8 Å². The number of pyridine rings is 1. The molecule has 1 aliphatic rings. The number of esters is 1. The van der Waals surface area contributed by atoms with Gasteiger partial charge in [-0.25, -0.2) is 9.97 Å². The summed E-state index contributed by atoms with van der Waals surface area (Å²) in [7, 11) is 0. The molecule has 0 bridgehead atoms. The predicted octanol–water partition coefficient (Wildman–Crippen LogP) is 3.07. The van der Waals surface area contributed by atoms with Gasteiger partial charge >= 0.3 is 5.97 Å². The first-order valence-electron chi connectivity index (χ1n) is 7.63. The second-order valence-electron chi connectivity index (χ2n) is 5.89. The van der Waals surface area contributed by atoms with Gasteiger partial charge in [0.25, 0.3) is 0 Å². The van der Waals surface area contributed by atoms with Gasteiger partial charge in [0, 0.05) is 12.2 Å². The van der Waals surface area contributed by atoms with E-state index in [4.69, 9.17) is 9.72 Å². The molecule has 0 aliphatic heterocycles. The zero-order valence-electron chi connectivity index (χ0n) is 12.7. The Morgan fingerprint density at radius 2 is 2.24 bits per heavy atom. The summed E-state index contributed by atoms with van der Waals surface area (Å²) in [5, 5.41) is 0. The van der Waals surface area contributed by atoms with Crippen LogP contribution in [0.3, 0.4) is 0 Å². The molecule has 0 amide bonds. The van der Waals surface area contributed by atoms with Crippen molar-refractivity contribution in [3.8, 4) is 0 Å². The SMILES string of the molecule is CCOC(=O)C(c1nc2cccnc2n1C1CC1)C(C)C. The zero-order valence-corrected chi connectivity index (χ0v) is 12.7. The minimum absolute atomic E-state index is 0.137. The van der Waals surface area contributed by atoms with Crippen LogP contribution in [-0.4, -0.2) is 27.1 Å². The Morgan fingerprint density at radius 3 is 2.86 bits per heavy atom. The maximum Gasteiger partial charge on any atom is 0.316 e. The number of rotatable bonds is 5. The Labute approximate surface area is 124 Å². The van der Waals surface area contributed by atoms with Crippen LogP contribution in [0, 0.1) is 5.92 Å². The van der Waals surface area contributed by atoms with Crippen LogP contribution in [0.4, 0.5) is 0 Å². The van der Waals surface area contributed by atoms with Crippen LogP contribution in [0.5, 0.6) is 0 Å². The van der Waals surface area contributed by atoms with E-state index < -0.39 is 0 Å². The van der Waals surface area contributed by atoms with Crippen molar-refractivity contribution in [1.29, 1.82) is 0 Å². The van der Waals surface area contributed by atoms with Crippen LogP contribution in [0.2, 0.25) is 0 Å². The van der Waals surface area contributed by atoms with E-state index in [0.29, 0.717) is 12.6 Å². The van der Waals surface area contributed by atoms with E-state index in [1.807, 2.05) is 32.9 Å². The molecule has 3 rings (SSSR count). The van der Waals surface area contributed by atoms with E-state index >= 15 is 0 Å². The summed E-state index contributed by atoms with van der Waals surface area (Å²) in [6, 6.07) is 4.26. The molecule has 1 fully saturated rings. The fourth-order valence-corrected chi connectivity index (χ4v) is 2.77. The molecule has 2 aromatic heterocycles. The highest BCUT2D eigenvalue weighted by molar-refractivity contribution is 5.80. The summed E-state index contributed by atoms with van der Waals surface area (Å²) in [4.78, 5) is 21.5. The lowest BCUT2D eigenvalue weighted by Crippen LogP contribution is -2.24. The van der Waals surface area contributed by atoms with Crippen molar-refractivity contribution in [2.45, 2.75) is 45.6 Å². The van der Waals surface area contributed by atoms with Crippen molar-refractivity contribution in [3.05, 3.63) is 24.2 Å². The van der Waals surface area contributed by atoms with Crippen molar-refractivity contribution in [2.24, 2.45) is 5.92 Å². The summed E-state index contributed by atoms with van der Waals surface area (Å²) in [5.41, 5.74) is 1.74. The molecule has 5 heteroatoms. The lowest BCUT2D eigenvalue weighted by molar-refractivity contribution is -0.146. The molecule has 0 saturated heterocycles. The highest BCUT2D eigenvalue weighted by Gasteiger charge is 2.36. The van der Waals surface area contributed by atoms with Crippen LogP contribution >= 0.6 is 0 Å². The molecule has 0 aromatic carbocycles. The van der Waals surface area contributed by atoms with Crippen LogP contribution in [-0.2, 0) is 9.53 Å². The first kappa shape index (κ1) is 14.0. The fourth-order valence-electron chi connectivity index (χ4n) is 2.77. The average molecular weight is 287 g/mol. The molecule has 5 nitrogen and oxygen atoms in total. The lowest BCUT2D eigenvalue weighted by atomic mass is 9.95. The summed E-state index contributed by atoms with van der Waals surface area (Å²) in [6.07, 6.45) is 4.03. The molecule has 1 aliphatic carbocycles. The summed E-state index contributed by atoms with van der Waals surface area (Å²) < 4.78 is 7.41. The lowest BCUT2D eigenvalue weighted by Gasteiger charge is -2.20. The monoisotopic (exact) mass is 287 g/mol. The number of hydrogen-bond acceptors (Lipinski definition) is 4. The normalized spacial score (nSPS) is 16.4. The number of ether oxygens (including phenoxy) is 1. The van der Waals surface area contributed by atoms with Gasteiger partial charge in [-0.2, -0.15) is 0 Å². The van der Waals surface area contributed by atoms with Gasteiger partial charge in [-0.05, 0) is 37.8 Å². The molecule has 2 heterocycles. The number of carbonyl (C=O) groups is 1. The number of aromatic nitrogens is 3. The zero-order chi connectivity index (χ0) is 15.0. The standard InChI is InChI=1S/C16H21N3O2/c1-4-21-16(20)13(10(2)3)15-18-12-6-5-9-17-14(12)19(15)11-7-8-11/h5-6,9-11,13H,4,7-8H2,1-3H3. The second kappa shape index (κ2) is 5.47. The Hall–Kier alpha value is -1.91.